The van der Waals surface area contributed by atoms with Crippen LogP contribution in [0.25, 0.3) is 10.7 Å². The summed E-state index contributed by atoms with van der Waals surface area (Å²) in [6.07, 6.45) is 0. The number of non-ortho nitro benzene ring substituents is 1. The van der Waals surface area contributed by atoms with E-state index in [1.54, 1.807) is 12.1 Å². The van der Waals surface area contributed by atoms with Crippen molar-refractivity contribution >= 4 is 28.7 Å². The van der Waals surface area contributed by atoms with E-state index in [4.69, 9.17) is 0 Å². The van der Waals surface area contributed by atoms with Gasteiger partial charge in [-0.25, -0.2) is 4.98 Å². The Morgan fingerprint density at radius 1 is 1.07 bits per heavy atom. The molecule has 1 aromatic carbocycles. The van der Waals surface area contributed by atoms with Crippen molar-refractivity contribution in [2.45, 2.75) is 6.92 Å². The highest BCUT2D eigenvalue weighted by atomic mass is 32.1. The van der Waals surface area contributed by atoms with Crippen molar-refractivity contribution in [3.05, 3.63) is 52.3 Å². The molecule has 0 amide bonds. The molecule has 0 bridgehead atoms. The fourth-order valence-corrected chi connectivity index (χ4v) is 3.64. The number of piperazine rings is 1. The Bertz CT molecular complexity index is 952. The Morgan fingerprint density at radius 2 is 1.85 bits per heavy atom. The molecule has 10 heteroatoms. The fraction of sp³-hybridized carbons (Fsp3) is 0.294. The lowest BCUT2D eigenvalue weighted by atomic mass is 10.2. The van der Waals surface area contributed by atoms with Gasteiger partial charge < -0.3 is 9.80 Å². The van der Waals surface area contributed by atoms with Gasteiger partial charge in [0.2, 0.25) is 0 Å². The molecule has 0 unspecified atom stereocenters. The second-order valence-corrected chi connectivity index (χ2v) is 6.93. The molecule has 27 heavy (non-hydrogen) atoms. The van der Waals surface area contributed by atoms with Crippen LogP contribution in [0, 0.1) is 17.0 Å². The van der Waals surface area contributed by atoms with E-state index < -0.39 is 0 Å². The van der Waals surface area contributed by atoms with Crippen LogP contribution < -0.4 is 9.80 Å². The number of aryl methyl sites for hydroxylation is 1. The molecule has 0 aliphatic carbocycles. The maximum Gasteiger partial charge on any atom is 0.271 e. The first-order valence-electron chi connectivity index (χ1n) is 8.49. The molecule has 1 fully saturated rings. The molecule has 4 rings (SSSR count). The Hall–Kier alpha value is -3.14. The number of aromatic nitrogens is 4. The number of hydrogen-bond donors (Lipinski definition) is 0. The van der Waals surface area contributed by atoms with E-state index in [0.29, 0.717) is 0 Å². The van der Waals surface area contributed by atoms with E-state index in [9.17, 15) is 10.1 Å². The summed E-state index contributed by atoms with van der Waals surface area (Å²) in [5.74, 6) is 1.55. The third-order valence-electron chi connectivity index (χ3n) is 4.41. The topological polar surface area (TPSA) is 101 Å². The van der Waals surface area contributed by atoms with E-state index >= 15 is 0 Å². The molecular weight excluding hydrogens is 366 g/mol. The predicted molar refractivity (Wildman–Crippen MR) is 103 cm³/mol. The smallest absolute Gasteiger partial charge is 0.271 e. The summed E-state index contributed by atoms with van der Waals surface area (Å²) >= 11 is 1.31. The lowest BCUT2D eigenvalue weighted by molar-refractivity contribution is -0.384. The van der Waals surface area contributed by atoms with Crippen LogP contribution in [0.4, 0.5) is 17.2 Å². The van der Waals surface area contributed by atoms with Crippen molar-refractivity contribution in [3.63, 3.8) is 0 Å². The van der Waals surface area contributed by atoms with Crippen molar-refractivity contribution in [1.29, 1.82) is 0 Å². The first-order chi connectivity index (χ1) is 13.1. The normalized spacial score (nSPS) is 14.4. The number of benzene rings is 1. The van der Waals surface area contributed by atoms with Gasteiger partial charge in [-0.3, -0.25) is 10.1 Å². The second-order valence-electron chi connectivity index (χ2n) is 6.17. The summed E-state index contributed by atoms with van der Waals surface area (Å²) in [5.41, 5.74) is 1.71. The van der Waals surface area contributed by atoms with Gasteiger partial charge in [-0.1, -0.05) is 6.07 Å². The third kappa shape index (κ3) is 3.70. The van der Waals surface area contributed by atoms with Gasteiger partial charge in [-0.05, 0) is 36.7 Å². The molecule has 9 nitrogen and oxygen atoms in total. The lowest BCUT2D eigenvalue weighted by Gasteiger charge is -2.36. The van der Waals surface area contributed by atoms with Gasteiger partial charge in [0, 0.05) is 44.0 Å². The van der Waals surface area contributed by atoms with Crippen LogP contribution >= 0.6 is 11.5 Å². The molecule has 3 aromatic rings. The summed E-state index contributed by atoms with van der Waals surface area (Å²) in [6, 6.07) is 10.6. The van der Waals surface area contributed by atoms with Crippen molar-refractivity contribution in [2.24, 2.45) is 0 Å². The van der Waals surface area contributed by atoms with E-state index in [-0.39, 0.29) is 10.6 Å². The highest BCUT2D eigenvalue weighted by molar-refractivity contribution is 7.09. The Morgan fingerprint density at radius 3 is 2.48 bits per heavy atom. The second kappa shape index (κ2) is 7.23. The molecule has 138 valence electrons. The quantitative estimate of drug-likeness (QED) is 0.500. The van der Waals surface area contributed by atoms with Crippen LogP contribution in [0.5, 0.6) is 0 Å². The molecule has 0 saturated carbocycles. The Kier molecular flexibility index (Phi) is 4.63. The molecule has 0 radical (unpaired) electrons. The molecule has 0 spiro atoms. The number of nitrogens with zero attached hydrogens (tertiary/aromatic N) is 7. The monoisotopic (exact) mass is 383 g/mol. The van der Waals surface area contributed by atoms with Crippen LogP contribution in [-0.2, 0) is 0 Å². The zero-order valence-electron chi connectivity index (χ0n) is 14.6. The average molecular weight is 383 g/mol. The summed E-state index contributed by atoms with van der Waals surface area (Å²) in [4.78, 5) is 19.2. The van der Waals surface area contributed by atoms with Crippen molar-refractivity contribution in [3.8, 4) is 10.7 Å². The van der Waals surface area contributed by atoms with Gasteiger partial charge in [0.05, 0.1) is 4.92 Å². The van der Waals surface area contributed by atoms with Crippen molar-refractivity contribution in [2.75, 3.05) is 36.0 Å². The van der Waals surface area contributed by atoms with Crippen LogP contribution in [0.2, 0.25) is 0 Å². The molecule has 0 N–H and O–H groups in total. The molecule has 1 aliphatic rings. The number of nitro benzene ring substituents is 1. The van der Waals surface area contributed by atoms with Crippen molar-refractivity contribution < 1.29 is 4.92 Å². The highest BCUT2D eigenvalue weighted by Gasteiger charge is 2.20. The SMILES string of the molecule is Cc1nsc(-c2ccc(N3CCN(c4cccc([N+](=O)[O-])c4)CC3)nn2)n1. The van der Waals surface area contributed by atoms with Gasteiger partial charge in [-0.15, -0.1) is 10.2 Å². The first-order valence-corrected chi connectivity index (χ1v) is 9.26. The Balaban J connectivity index is 1.42. The van der Waals surface area contributed by atoms with Crippen molar-refractivity contribution in [1.82, 2.24) is 19.6 Å². The van der Waals surface area contributed by atoms with Crippen LogP contribution in [0.1, 0.15) is 5.82 Å². The number of rotatable bonds is 4. The maximum atomic E-state index is 11.0. The fourth-order valence-electron chi connectivity index (χ4n) is 3.01. The van der Waals surface area contributed by atoms with Crippen LogP contribution in [-0.4, -0.2) is 50.7 Å². The standard InChI is InChI=1S/C17H17N7O2S/c1-12-18-17(27-21-12)15-5-6-16(20-19-15)23-9-7-22(8-10-23)13-3-2-4-14(11-13)24(25)26/h2-6,11H,7-10H2,1H3. The summed E-state index contributed by atoms with van der Waals surface area (Å²) in [6.45, 7) is 4.92. The van der Waals surface area contributed by atoms with Crippen LogP contribution in [0.3, 0.4) is 0 Å². The Labute approximate surface area is 159 Å². The van der Waals surface area contributed by atoms with Gasteiger partial charge in [0.25, 0.3) is 5.69 Å². The molecule has 3 heterocycles. The zero-order valence-corrected chi connectivity index (χ0v) is 15.5. The number of nitro groups is 1. The van der Waals surface area contributed by atoms with Gasteiger partial charge in [0.15, 0.2) is 10.8 Å². The van der Waals surface area contributed by atoms with E-state index in [2.05, 4.69) is 29.4 Å². The molecule has 2 aromatic heterocycles. The minimum absolute atomic E-state index is 0.114. The highest BCUT2D eigenvalue weighted by Crippen LogP contribution is 2.24. The van der Waals surface area contributed by atoms with Gasteiger partial charge in [0.1, 0.15) is 11.5 Å². The predicted octanol–water partition coefficient (Wildman–Crippen LogP) is 2.54. The van der Waals surface area contributed by atoms with E-state index in [1.165, 1.54) is 17.6 Å². The van der Waals surface area contributed by atoms with E-state index in [0.717, 1.165) is 54.2 Å². The molecule has 1 aliphatic heterocycles. The zero-order chi connectivity index (χ0) is 18.8. The third-order valence-corrected chi connectivity index (χ3v) is 5.24. The van der Waals surface area contributed by atoms with Crippen LogP contribution in [0.15, 0.2) is 36.4 Å². The summed E-state index contributed by atoms with van der Waals surface area (Å²) in [5, 5.41) is 20.3. The molecule has 1 saturated heterocycles. The lowest BCUT2D eigenvalue weighted by Crippen LogP contribution is -2.46. The molecular formula is C17H17N7O2S. The number of anilines is 2. The summed E-state index contributed by atoms with van der Waals surface area (Å²) < 4.78 is 4.16. The molecule has 0 atom stereocenters. The van der Waals surface area contributed by atoms with Gasteiger partial charge >= 0.3 is 0 Å². The minimum atomic E-state index is -0.365. The summed E-state index contributed by atoms with van der Waals surface area (Å²) in [7, 11) is 0. The maximum absolute atomic E-state index is 11.0. The first kappa shape index (κ1) is 17.3. The minimum Gasteiger partial charge on any atom is -0.368 e. The van der Waals surface area contributed by atoms with E-state index in [1.807, 2.05) is 25.1 Å². The van der Waals surface area contributed by atoms with Gasteiger partial charge in [-0.2, -0.15) is 4.37 Å². The average Bonchev–Trinajstić information content (AvgIpc) is 3.15. The largest absolute Gasteiger partial charge is 0.368 e. The number of hydrogen-bond acceptors (Lipinski definition) is 9.